The van der Waals surface area contributed by atoms with Gasteiger partial charge in [-0.1, -0.05) is 0 Å². The van der Waals surface area contributed by atoms with Gasteiger partial charge in [0.15, 0.2) is 0 Å². The minimum absolute atomic E-state index is 0.901. The summed E-state index contributed by atoms with van der Waals surface area (Å²) in [7, 11) is 2.23. The summed E-state index contributed by atoms with van der Waals surface area (Å²) in [5, 5.41) is 0. The Labute approximate surface area is 144 Å². The first-order valence-corrected chi connectivity index (χ1v) is 9.36. The van der Waals surface area contributed by atoms with Crippen LogP contribution in [0.4, 0.5) is 5.69 Å². The van der Waals surface area contributed by atoms with Crippen molar-refractivity contribution in [2.24, 2.45) is 5.92 Å². The van der Waals surface area contributed by atoms with Gasteiger partial charge in [0, 0.05) is 57.9 Å². The number of fused-ring (bicyclic) bond motifs is 1. The van der Waals surface area contributed by atoms with Crippen LogP contribution in [-0.4, -0.2) is 72.0 Å². The molecule has 0 bridgehead atoms. The molecule has 0 aromatic carbocycles. The van der Waals surface area contributed by atoms with Crippen LogP contribution in [0, 0.1) is 5.92 Å². The zero-order chi connectivity index (χ0) is 16.4. The van der Waals surface area contributed by atoms with Gasteiger partial charge in [0.25, 0.3) is 0 Å². The molecule has 130 valence electrons. The van der Waals surface area contributed by atoms with Crippen molar-refractivity contribution in [1.29, 1.82) is 0 Å². The summed E-state index contributed by atoms with van der Waals surface area (Å²) in [6.45, 7) is 8.63. The van der Waals surface area contributed by atoms with Crippen LogP contribution in [0.5, 0.6) is 0 Å². The molecule has 2 aliphatic rings. The van der Waals surface area contributed by atoms with E-state index >= 15 is 0 Å². The smallest absolute Gasteiger partial charge is 0.136 e. The second-order valence-corrected chi connectivity index (χ2v) is 7.44. The maximum absolute atomic E-state index is 4.33. The van der Waals surface area contributed by atoms with Crippen molar-refractivity contribution >= 4 is 11.3 Å². The Hall–Kier alpha value is -1.59. The molecule has 2 saturated heterocycles. The van der Waals surface area contributed by atoms with Crippen molar-refractivity contribution in [3.63, 3.8) is 0 Å². The number of nitrogens with zero attached hydrogens (tertiary/aromatic N) is 5. The Kier molecular flexibility index (Phi) is 4.72. The summed E-state index contributed by atoms with van der Waals surface area (Å²) in [6, 6.07) is 4.34. The molecule has 0 spiro atoms. The van der Waals surface area contributed by atoms with Crippen molar-refractivity contribution in [1.82, 2.24) is 19.2 Å². The Balaban J connectivity index is 1.25. The van der Waals surface area contributed by atoms with E-state index in [2.05, 4.69) is 49.5 Å². The number of piperazine rings is 1. The van der Waals surface area contributed by atoms with Gasteiger partial charge in [-0.05, 0) is 50.9 Å². The molecule has 0 aliphatic carbocycles. The number of anilines is 1. The first-order chi connectivity index (χ1) is 11.8. The highest BCUT2D eigenvalue weighted by atomic mass is 15.2. The zero-order valence-electron chi connectivity index (χ0n) is 14.8. The fourth-order valence-electron chi connectivity index (χ4n) is 4.01. The van der Waals surface area contributed by atoms with Crippen molar-refractivity contribution < 1.29 is 0 Å². The minimum Gasteiger partial charge on any atom is -0.370 e. The van der Waals surface area contributed by atoms with Crippen molar-refractivity contribution in [3.8, 4) is 0 Å². The lowest BCUT2D eigenvalue weighted by molar-refractivity contribution is 0.144. The highest BCUT2D eigenvalue weighted by Crippen LogP contribution is 2.25. The van der Waals surface area contributed by atoms with Gasteiger partial charge in [-0.25, -0.2) is 4.98 Å². The molecule has 2 aromatic rings. The van der Waals surface area contributed by atoms with Gasteiger partial charge in [-0.3, -0.25) is 0 Å². The molecule has 4 heterocycles. The van der Waals surface area contributed by atoms with E-state index in [0.717, 1.165) is 11.6 Å². The molecule has 0 unspecified atom stereocenters. The molecule has 5 heteroatoms. The van der Waals surface area contributed by atoms with E-state index in [0.29, 0.717) is 0 Å². The van der Waals surface area contributed by atoms with Crippen LogP contribution in [0.15, 0.2) is 30.7 Å². The number of imidazole rings is 1. The van der Waals surface area contributed by atoms with Crippen LogP contribution < -0.4 is 4.90 Å². The molecule has 2 aromatic heterocycles. The monoisotopic (exact) mass is 327 g/mol. The molecular weight excluding hydrogens is 298 g/mol. The second kappa shape index (κ2) is 7.11. The van der Waals surface area contributed by atoms with Gasteiger partial charge in [0.05, 0.1) is 5.69 Å². The maximum atomic E-state index is 4.33. The summed E-state index contributed by atoms with van der Waals surface area (Å²) < 4.78 is 2.12. The fraction of sp³-hybridized carbons (Fsp3) is 0.632. The topological polar surface area (TPSA) is 27.0 Å². The van der Waals surface area contributed by atoms with Crippen LogP contribution in [0.2, 0.25) is 0 Å². The van der Waals surface area contributed by atoms with Crippen molar-refractivity contribution in [2.75, 3.05) is 57.8 Å². The first-order valence-electron chi connectivity index (χ1n) is 9.36. The number of aromatic nitrogens is 2. The summed E-state index contributed by atoms with van der Waals surface area (Å²) in [5.74, 6) is 0.901. The van der Waals surface area contributed by atoms with Crippen LogP contribution in [0.1, 0.15) is 19.3 Å². The van der Waals surface area contributed by atoms with Gasteiger partial charge in [-0.15, -0.1) is 0 Å². The maximum Gasteiger partial charge on any atom is 0.136 e. The molecule has 2 fully saturated rings. The van der Waals surface area contributed by atoms with E-state index < -0.39 is 0 Å². The summed E-state index contributed by atoms with van der Waals surface area (Å²) >= 11 is 0. The van der Waals surface area contributed by atoms with E-state index in [-0.39, 0.29) is 0 Å². The fourth-order valence-corrected chi connectivity index (χ4v) is 4.01. The molecule has 0 radical (unpaired) electrons. The number of rotatable bonds is 4. The molecule has 0 amide bonds. The first kappa shape index (κ1) is 15.9. The minimum atomic E-state index is 0.901. The lowest BCUT2D eigenvalue weighted by atomic mass is 9.93. The summed E-state index contributed by atoms with van der Waals surface area (Å²) in [4.78, 5) is 11.9. The van der Waals surface area contributed by atoms with Gasteiger partial charge in [0.1, 0.15) is 5.65 Å². The molecule has 0 N–H and O–H groups in total. The average molecular weight is 327 g/mol. The third-order valence-electron chi connectivity index (χ3n) is 5.80. The highest BCUT2D eigenvalue weighted by Gasteiger charge is 2.21. The normalized spacial score (nSPS) is 21.6. The summed E-state index contributed by atoms with van der Waals surface area (Å²) in [5.41, 5.74) is 2.36. The Morgan fingerprint density at radius 1 is 1.04 bits per heavy atom. The largest absolute Gasteiger partial charge is 0.370 e. The quantitative estimate of drug-likeness (QED) is 0.860. The van der Waals surface area contributed by atoms with Crippen LogP contribution >= 0.6 is 0 Å². The molecule has 4 rings (SSSR count). The zero-order valence-corrected chi connectivity index (χ0v) is 14.8. The number of hydrogen-bond acceptors (Lipinski definition) is 4. The Morgan fingerprint density at radius 2 is 1.83 bits per heavy atom. The molecule has 0 atom stereocenters. The van der Waals surface area contributed by atoms with Gasteiger partial charge < -0.3 is 19.1 Å². The van der Waals surface area contributed by atoms with Gasteiger partial charge in [-0.2, -0.15) is 0 Å². The van der Waals surface area contributed by atoms with Gasteiger partial charge in [0.2, 0.25) is 0 Å². The van der Waals surface area contributed by atoms with E-state index in [1.807, 2.05) is 12.4 Å². The van der Waals surface area contributed by atoms with Crippen molar-refractivity contribution in [2.45, 2.75) is 19.3 Å². The second-order valence-electron chi connectivity index (χ2n) is 7.44. The molecule has 5 nitrogen and oxygen atoms in total. The van der Waals surface area contributed by atoms with Crippen molar-refractivity contribution in [3.05, 3.63) is 30.7 Å². The SMILES string of the molecule is CN1CCN(CCC2CCN(c3ccc4nccn4c3)CC2)CC1. The molecule has 24 heavy (non-hydrogen) atoms. The molecular formula is C19H29N5. The van der Waals surface area contributed by atoms with E-state index in [1.165, 1.54) is 70.8 Å². The molecule has 2 aliphatic heterocycles. The third-order valence-corrected chi connectivity index (χ3v) is 5.80. The lowest BCUT2D eigenvalue weighted by Crippen LogP contribution is -2.45. The molecule has 0 saturated carbocycles. The van der Waals surface area contributed by atoms with Crippen LogP contribution in [0.25, 0.3) is 5.65 Å². The standard InChI is InChI=1S/C19H29N5/c1-21-12-14-22(15-13-21)8-4-17-5-9-23(10-6-17)18-2-3-19-20-7-11-24(19)16-18/h2-3,7,11,16-17H,4-6,8-10,12-15H2,1H3. The van der Waals surface area contributed by atoms with Gasteiger partial charge >= 0.3 is 0 Å². The average Bonchev–Trinajstić information content (AvgIpc) is 3.09. The number of pyridine rings is 1. The number of piperidine rings is 1. The predicted octanol–water partition coefficient (Wildman–Crippen LogP) is 2.19. The Morgan fingerprint density at radius 3 is 2.62 bits per heavy atom. The third kappa shape index (κ3) is 3.57. The van der Waals surface area contributed by atoms with Crippen LogP contribution in [-0.2, 0) is 0 Å². The predicted molar refractivity (Wildman–Crippen MR) is 98.7 cm³/mol. The van der Waals surface area contributed by atoms with Crippen LogP contribution in [0.3, 0.4) is 0 Å². The van der Waals surface area contributed by atoms with E-state index in [4.69, 9.17) is 0 Å². The highest BCUT2D eigenvalue weighted by molar-refractivity contribution is 5.52. The summed E-state index contributed by atoms with van der Waals surface area (Å²) in [6.07, 6.45) is 10.1. The number of likely N-dealkylation sites (N-methyl/N-ethyl adjacent to an activating group) is 1. The lowest BCUT2D eigenvalue weighted by Gasteiger charge is -2.36. The Bertz CT molecular complexity index is 651. The van der Waals surface area contributed by atoms with E-state index in [1.54, 1.807) is 0 Å². The number of hydrogen-bond donors (Lipinski definition) is 0. The van der Waals surface area contributed by atoms with E-state index in [9.17, 15) is 0 Å².